The summed E-state index contributed by atoms with van der Waals surface area (Å²) in [4.78, 5) is 0. The number of rotatable bonds is 2. The lowest BCUT2D eigenvalue weighted by Gasteiger charge is -2.33. The summed E-state index contributed by atoms with van der Waals surface area (Å²) in [5, 5.41) is 8.76. The maximum atomic E-state index is 6.09. The molecule has 2 unspecified atom stereocenters. The van der Waals surface area contributed by atoms with Crippen molar-refractivity contribution in [3.8, 4) is 0 Å². The topological polar surface area (TPSA) is 56.7 Å². The van der Waals surface area contributed by atoms with E-state index in [1.807, 2.05) is 0 Å². The van der Waals surface area contributed by atoms with Crippen LogP contribution in [0.25, 0.3) is 0 Å². The molecular formula is C12H20N4. The minimum absolute atomic E-state index is 0.203. The Labute approximate surface area is 96.2 Å². The van der Waals surface area contributed by atoms with Gasteiger partial charge in [-0.3, -0.25) is 0 Å². The van der Waals surface area contributed by atoms with Crippen molar-refractivity contribution in [3.05, 3.63) is 11.6 Å². The van der Waals surface area contributed by atoms with Gasteiger partial charge >= 0.3 is 0 Å². The van der Waals surface area contributed by atoms with Crippen LogP contribution in [0.15, 0.2) is 0 Å². The number of fused-ring (bicyclic) bond motifs is 1. The number of aromatic nitrogens is 3. The maximum absolute atomic E-state index is 6.09. The quantitative estimate of drug-likeness (QED) is 0.826. The third-order valence-corrected chi connectivity index (χ3v) is 4.10. The summed E-state index contributed by atoms with van der Waals surface area (Å²) in [5.41, 5.74) is 6.09. The van der Waals surface area contributed by atoms with Gasteiger partial charge in [0.1, 0.15) is 11.6 Å². The van der Waals surface area contributed by atoms with E-state index in [0.717, 1.165) is 12.2 Å². The van der Waals surface area contributed by atoms with Crippen LogP contribution < -0.4 is 5.73 Å². The molecule has 0 radical (unpaired) electrons. The van der Waals surface area contributed by atoms with E-state index in [-0.39, 0.29) is 6.04 Å². The van der Waals surface area contributed by atoms with Gasteiger partial charge in [0.25, 0.3) is 0 Å². The molecule has 4 heteroatoms. The Morgan fingerprint density at radius 1 is 1.25 bits per heavy atom. The second-order valence-corrected chi connectivity index (χ2v) is 5.29. The fourth-order valence-corrected chi connectivity index (χ4v) is 2.91. The molecule has 0 amide bonds. The largest absolute Gasteiger partial charge is 0.326 e. The van der Waals surface area contributed by atoms with Crippen molar-refractivity contribution in [1.82, 2.24) is 14.8 Å². The average Bonchev–Trinajstić information content (AvgIpc) is 2.59. The zero-order valence-corrected chi connectivity index (χ0v) is 9.89. The van der Waals surface area contributed by atoms with Crippen LogP contribution in [0.2, 0.25) is 0 Å². The SMILES string of the molecule is CC(N)C1CCCc2nnc(C3CCC3)n21. The Kier molecular flexibility index (Phi) is 2.46. The van der Waals surface area contributed by atoms with Gasteiger partial charge in [-0.1, -0.05) is 6.42 Å². The molecule has 16 heavy (non-hydrogen) atoms. The van der Waals surface area contributed by atoms with Gasteiger partial charge in [-0.15, -0.1) is 10.2 Å². The van der Waals surface area contributed by atoms with E-state index in [4.69, 9.17) is 5.73 Å². The number of aryl methyl sites for hydroxylation is 1. The minimum atomic E-state index is 0.203. The molecule has 1 aliphatic carbocycles. The van der Waals surface area contributed by atoms with Gasteiger partial charge in [-0.05, 0) is 32.6 Å². The molecule has 2 heterocycles. The Morgan fingerprint density at radius 2 is 2.06 bits per heavy atom. The van der Waals surface area contributed by atoms with Gasteiger partial charge in [0.15, 0.2) is 0 Å². The number of nitrogens with two attached hydrogens (primary N) is 1. The molecule has 3 rings (SSSR count). The molecule has 0 spiro atoms. The standard InChI is InChI=1S/C12H20N4/c1-8(13)10-6-3-7-11-14-15-12(16(10)11)9-4-2-5-9/h8-10H,2-7,13H2,1H3. The highest BCUT2D eigenvalue weighted by Gasteiger charge is 2.32. The summed E-state index contributed by atoms with van der Waals surface area (Å²) in [6.07, 6.45) is 7.36. The lowest BCUT2D eigenvalue weighted by atomic mass is 9.84. The Hall–Kier alpha value is -0.900. The first-order valence-electron chi connectivity index (χ1n) is 6.46. The molecule has 1 saturated carbocycles. The van der Waals surface area contributed by atoms with Crippen molar-refractivity contribution >= 4 is 0 Å². The van der Waals surface area contributed by atoms with E-state index >= 15 is 0 Å². The summed E-state index contributed by atoms with van der Waals surface area (Å²) >= 11 is 0. The Morgan fingerprint density at radius 3 is 2.69 bits per heavy atom. The summed E-state index contributed by atoms with van der Waals surface area (Å²) in [6.45, 7) is 2.10. The molecule has 0 aromatic carbocycles. The first-order valence-corrected chi connectivity index (χ1v) is 6.46. The Bertz CT molecular complexity index is 378. The zero-order valence-electron chi connectivity index (χ0n) is 9.89. The number of hydrogen-bond acceptors (Lipinski definition) is 3. The molecule has 0 saturated heterocycles. The molecule has 1 aliphatic heterocycles. The van der Waals surface area contributed by atoms with Crippen molar-refractivity contribution in [3.63, 3.8) is 0 Å². The van der Waals surface area contributed by atoms with Crippen LogP contribution in [0.5, 0.6) is 0 Å². The molecule has 2 aliphatic rings. The molecule has 2 N–H and O–H groups in total. The van der Waals surface area contributed by atoms with Crippen LogP contribution in [0.1, 0.15) is 62.6 Å². The lowest BCUT2D eigenvalue weighted by molar-refractivity contribution is 0.311. The Balaban J connectivity index is 1.98. The van der Waals surface area contributed by atoms with Gasteiger partial charge < -0.3 is 10.3 Å². The van der Waals surface area contributed by atoms with Crippen LogP contribution in [0.3, 0.4) is 0 Å². The zero-order chi connectivity index (χ0) is 11.1. The van der Waals surface area contributed by atoms with E-state index in [2.05, 4.69) is 21.7 Å². The van der Waals surface area contributed by atoms with E-state index in [0.29, 0.717) is 12.0 Å². The van der Waals surface area contributed by atoms with Gasteiger partial charge in [0.2, 0.25) is 0 Å². The van der Waals surface area contributed by atoms with Gasteiger partial charge in [0.05, 0.1) is 6.04 Å². The van der Waals surface area contributed by atoms with Crippen molar-refractivity contribution in [1.29, 1.82) is 0 Å². The summed E-state index contributed by atoms with van der Waals surface area (Å²) in [7, 11) is 0. The van der Waals surface area contributed by atoms with Crippen LogP contribution in [0.4, 0.5) is 0 Å². The van der Waals surface area contributed by atoms with Gasteiger partial charge in [-0.25, -0.2) is 0 Å². The van der Waals surface area contributed by atoms with Crippen molar-refractivity contribution in [2.24, 2.45) is 5.73 Å². The molecular weight excluding hydrogens is 200 g/mol. The lowest BCUT2D eigenvalue weighted by Crippen LogP contribution is -2.34. The predicted octanol–water partition coefficient (Wildman–Crippen LogP) is 1.77. The molecule has 4 nitrogen and oxygen atoms in total. The smallest absolute Gasteiger partial charge is 0.136 e. The number of nitrogens with zero attached hydrogens (tertiary/aromatic N) is 3. The highest BCUT2D eigenvalue weighted by molar-refractivity contribution is 5.10. The molecule has 2 atom stereocenters. The summed E-state index contributed by atoms with van der Waals surface area (Å²) in [6, 6.07) is 0.628. The predicted molar refractivity (Wildman–Crippen MR) is 62.2 cm³/mol. The van der Waals surface area contributed by atoms with Crippen molar-refractivity contribution in [2.75, 3.05) is 0 Å². The first kappa shape index (κ1) is 10.3. The van der Waals surface area contributed by atoms with Crippen molar-refractivity contribution in [2.45, 2.75) is 63.5 Å². The van der Waals surface area contributed by atoms with Crippen LogP contribution >= 0.6 is 0 Å². The molecule has 0 bridgehead atoms. The van der Waals surface area contributed by atoms with Crippen LogP contribution in [-0.4, -0.2) is 20.8 Å². The van der Waals surface area contributed by atoms with Gasteiger partial charge in [-0.2, -0.15) is 0 Å². The summed E-state index contributed by atoms with van der Waals surface area (Å²) in [5.74, 6) is 3.03. The van der Waals surface area contributed by atoms with E-state index in [1.54, 1.807) is 0 Å². The monoisotopic (exact) mass is 220 g/mol. The van der Waals surface area contributed by atoms with E-state index in [9.17, 15) is 0 Å². The number of hydrogen-bond donors (Lipinski definition) is 1. The van der Waals surface area contributed by atoms with E-state index in [1.165, 1.54) is 37.9 Å². The van der Waals surface area contributed by atoms with Gasteiger partial charge in [0, 0.05) is 18.4 Å². The molecule has 1 fully saturated rings. The molecule has 88 valence electrons. The fraction of sp³-hybridized carbons (Fsp3) is 0.833. The second kappa shape index (κ2) is 3.84. The average molecular weight is 220 g/mol. The first-order chi connectivity index (χ1) is 7.77. The van der Waals surface area contributed by atoms with Crippen molar-refractivity contribution < 1.29 is 0 Å². The van der Waals surface area contributed by atoms with Crippen LogP contribution in [-0.2, 0) is 6.42 Å². The summed E-state index contributed by atoms with van der Waals surface area (Å²) < 4.78 is 2.36. The molecule has 1 aromatic heterocycles. The normalized spacial score (nSPS) is 27.2. The van der Waals surface area contributed by atoms with E-state index < -0.39 is 0 Å². The highest BCUT2D eigenvalue weighted by Crippen LogP contribution is 2.38. The maximum Gasteiger partial charge on any atom is 0.136 e. The molecule has 1 aromatic rings. The van der Waals surface area contributed by atoms with Crippen LogP contribution in [0, 0.1) is 0 Å². The third kappa shape index (κ3) is 1.47. The third-order valence-electron chi connectivity index (χ3n) is 4.10. The fourth-order valence-electron chi connectivity index (χ4n) is 2.91. The minimum Gasteiger partial charge on any atom is -0.326 e. The second-order valence-electron chi connectivity index (χ2n) is 5.29. The highest BCUT2D eigenvalue weighted by atomic mass is 15.3.